The molecule has 0 spiro atoms. The molecule has 0 bridgehead atoms. The summed E-state index contributed by atoms with van der Waals surface area (Å²) in [4.78, 5) is 27.1. The standard InChI is InChI=1S/C17H21N5O/c1-13-5-8-22(9-6-13)16-12-19-15(11-20-16)17(23)21-10-14-4-2-3-7-18-14/h2-4,7,11-13H,5-6,8-10H2,1H3,(H,21,23). The van der Waals surface area contributed by atoms with E-state index in [0.717, 1.165) is 30.5 Å². The summed E-state index contributed by atoms with van der Waals surface area (Å²) in [5, 5.41) is 2.80. The number of carbonyl (C=O) groups excluding carboxylic acids is 1. The van der Waals surface area contributed by atoms with Crippen molar-refractivity contribution in [3.8, 4) is 0 Å². The van der Waals surface area contributed by atoms with E-state index < -0.39 is 0 Å². The second-order valence-electron chi connectivity index (χ2n) is 5.93. The van der Waals surface area contributed by atoms with Crippen LogP contribution in [0.15, 0.2) is 36.8 Å². The fraction of sp³-hybridized carbons (Fsp3) is 0.412. The number of anilines is 1. The minimum absolute atomic E-state index is 0.234. The van der Waals surface area contributed by atoms with E-state index in [1.54, 1.807) is 18.6 Å². The lowest BCUT2D eigenvalue weighted by atomic mass is 9.99. The van der Waals surface area contributed by atoms with Crippen LogP contribution in [0.3, 0.4) is 0 Å². The summed E-state index contributed by atoms with van der Waals surface area (Å²) in [6.07, 6.45) is 7.28. The van der Waals surface area contributed by atoms with Gasteiger partial charge in [-0.25, -0.2) is 9.97 Å². The number of pyridine rings is 1. The highest BCUT2D eigenvalue weighted by Crippen LogP contribution is 2.20. The predicted molar refractivity (Wildman–Crippen MR) is 88.1 cm³/mol. The lowest BCUT2D eigenvalue weighted by Gasteiger charge is -2.30. The number of nitrogens with zero attached hydrogens (tertiary/aromatic N) is 4. The van der Waals surface area contributed by atoms with Crippen LogP contribution in [-0.2, 0) is 6.54 Å². The van der Waals surface area contributed by atoms with E-state index in [1.807, 2.05) is 18.2 Å². The van der Waals surface area contributed by atoms with Gasteiger partial charge in [-0.3, -0.25) is 9.78 Å². The zero-order valence-electron chi connectivity index (χ0n) is 13.3. The first-order valence-electron chi connectivity index (χ1n) is 7.97. The quantitative estimate of drug-likeness (QED) is 0.935. The van der Waals surface area contributed by atoms with Crippen molar-refractivity contribution in [1.82, 2.24) is 20.3 Å². The fourth-order valence-corrected chi connectivity index (χ4v) is 2.60. The summed E-state index contributed by atoms with van der Waals surface area (Å²) in [5.41, 5.74) is 1.14. The summed E-state index contributed by atoms with van der Waals surface area (Å²) in [6.45, 7) is 4.66. The lowest BCUT2D eigenvalue weighted by Crippen LogP contribution is -2.33. The number of carbonyl (C=O) groups is 1. The zero-order valence-corrected chi connectivity index (χ0v) is 13.3. The molecule has 6 heteroatoms. The maximum Gasteiger partial charge on any atom is 0.271 e. The topological polar surface area (TPSA) is 71.0 Å². The minimum atomic E-state index is -0.234. The van der Waals surface area contributed by atoms with Crippen molar-refractivity contribution in [3.63, 3.8) is 0 Å². The molecular weight excluding hydrogens is 290 g/mol. The van der Waals surface area contributed by atoms with Crippen molar-refractivity contribution >= 4 is 11.7 Å². The zero-order chi connectivity index (χ0) is 16.1. The van der Waals surface area contributed by atoms with Gasteiger partial charge in [0.1, 0.15) is 11.5 Å². The van der Waals surface area contributed by atoms with Crippen molar-refractivity contribution in [2.75, 3.05) is 18.0 Å². The van der Waals surface area contributed by atoms with Crippen molar-refractivity contribution in [1.29, 1.82) is 0 Å². The summed E-state index contributed by atoms with van der Waals surface area (Å²) in [7, 11) is 0. The molecule has 3 rings (SSSR count). The smallest absolute Gasteiger partial charge is 0.271 e. The number of nitrogens with one attached hydrogen (secondary N) is 1. The minimum Gasteiger partial charge on any atom is -0.355 e. The molecule has 1 aliphatic rings. The Morgan fingerprint density at radius 2 is 2.04 bits per heavy atom. The number of piperidine rings is 1. The number of hydrogen-bond donors (Lipinski definition) is 1. The van der Waals surface area contributed by atoms with Gasteiger partial charge in [0.25, 0.3) is 5.91 Å². The van der Waals surface area contributed by atoms with Crippen LogP contribution in [0.2, 0.25) is 0 Å². The van der Waals surface area contributed by atoms with Gasteiger partial charge in [0.05, 0.1) is 24.6 Å². The molecule has 0 unspecified atom stereocenters. The average Bonchev–Trinajstić information content (AvgIpc) is 2.61. The highest BCUT2D eigenvalue weighted by atomic mass is 16.1. The normalized spacial score (nSPS) is 15.4. The van der Waals surface area contributed by atoms with Gasteiger partial charge in [-0.1, -0.05) is 13.0 Å². The first-order valence-corrected chi connectivity index (χ1v) is 7.97. The van der Waals surface area contributed by atoms with Crippen molar-refractivity contribution < 1.29 is 4.79 Å². The van der Waals surface area contributed by atoms with E-state index in [1.165, 1.54) is 12.8 Å². The second kappa shape index (κ2) is 7.17. The Morgan fingerprint density at radius 1 is 1.22 bits per heavy atom. The van der Waals surface area contributed by atoms with Gasteiger partial charge in [-0.05, 0) is 30.9 Å². The lowest BCUT2D eigenvalue weighted by molar-refractivity contribution is 0.0945. The van der Waals surface area contributed by atoms with Gasteiger partial charge in [0.2, 0.25) is 0 Å². The maximum absolute atomic E-state index is 12.1. The van der Waals surface area contributed by atoms with Crippen LogP contribution in [0.5, 0.6) is 0 Å². The highest BCUT2D eigenvalue weighted by molar-refractivity contribution is 5.91. The second-order valence-corrected chi connectivity index (χ2v) is 5.93. The van der Waals surface area contributed by atoms with E-state index in [-0.39, 0.29) is 5.91 Å². The maximum atomic E-state index is 12.1. The van der Waals surface area contributed by atoms with Crippen LogP contribution in [0, 0.1) is 5.92 Å². The Kier molecular flexibility index (Phi) is 4.80. The van der Waals surface area contributed by atoms with E-state index in [4.69, 9.17) is 0 Å². The molecule has 1 aliphatic heterocycles. The highest BCUT2D eigenvalue weighted by Gasteiger charge is 2.17. The predicted octanol–water partition coefficient (Wildman–Crippen LogP) is 2.04. The van der Waals surface area contributed by atoms with Crippen LogP contribution in [-0.4, -0.2) is 33.9 Å². The SMILES string of the molecule is CC1CCN(c2cnc(C(=O)NCc3ccccn3)cn2)CC1. The van der Waals surface area contributed by atoms with Gasteiger partial charge < -0.3 is 10.2 Å². The molecule has 1 saturated heterocycles. The molecule has 0 radical (unpaired) electrons. The van der Waals surface area contributed by atoms with Crippen LogP contribution < -0.4 is 10.2 Å². The number of aromatic nitrogens is 3. The molecule has 2 aromatic heterocycles. The molecule has 0 aliphatic carbocycles. The summed E-state index contributed by atoms with van der Waals surface area (Å²) < 4.78 is 0. The first kappa shape index (κ1) is 15.4. The van der Waals surface area contributed by atoms with Crippen molar-refractivity contribution in [2.24, 2.45) is 5.92 Å². The number of hydrogen-bond acceptors (Lipinski definition) is 5. The first-order chi connectivity index (χ1) is 11.2. The molecule has 0 atom stereocenters. The Balaban J connectivity index is 1.57. The molecule has 0 aromatic carbocycles. The fourth-order valence-electron chi connectivity index (χ4n) is 2.60. The van der Waals surface area contributed by atoms with Crippen LogP contribution >= 0.6 is 0 Å². The van der Waals surface area contributed by atoms with E-state index in [9.17, 15) is 4.79 Å². The summed E-state index contributed by atoms with van der Waals surface area (Å²) >= 11 is 0. The molecule has 3 heterocycles. The third-order valence-corrected chi connectivity index (χ3v) is 4.13. The van der Waals surface area contributed by atoms with Crippen LogP contribution in [0.1, 0.15) is 35.9 Å². The number of amides is 1. The molecule has 6 nitrogen and oxygen atoms in total. The Morgan fingerprint density at radius 3 is 2.70 bits per heavy atom. The Bertz CT molecular complexity index is 636. The molecule has 23 heavy (non-hydrogen) atoms. The molecule has 1 amide bonds. The van der Waals surface area contributed by atoms with Gasteiger partial charge in [-0.15, -0.1) is 0 Å². The third kappa shape index (κ3) is 4.03. The average molecular weight is 311 g/mol. The van der Waals surface area contributed by atoms with Crippen molar-refractivity contribution in [2.45, 2.75) is 26.3 Å². The van der Waals surface area contributed by atoms with Gasteiger partial charge >= 0.3 is 0 Å². The van der Waals surface area contributed by atoms with Gasteiger partial charge in [0.15, 0.2) is 0 Å². The Hall–Kier alpha value is -2.50. The molecule has 120 valence electrons. The van der Waals surface area contributed by atoms with Crippen LogP contribution in [0.4, 0.5) is 5.82 Å². The monoisotopic (exact) mass is 311 g/mol. The largest absolute Gasteiger partial charge is 0.355 e. The molecular formula is C17H21N5O. The summed E-state index contributed by atoms with van der Waals surface area (Å²) in [5.74, 6) is 1.39. The molecule has 2 aromatic rings. The summed E-state index contributed by atoms with van der Waals surface area (Å²) in [6, 6.07) is 5.60. The molecule has 1 N–H and O–H groups in total. The third-order valence-electron chi connectivity index (χ3n) is 4.13. The van der Waals surface area contributed by atoms with Gasteiger partial charge in [-0.2, -0.15) is 0 Å². The molecule has 1 fully saturated rings. The Labute approximate surface area is 136 Å². The number of rotatable bonds is 4. The van der Waals surface area contributed by atoms with E-state index in [0.29, 0.717) is 12.2 Å². The molecule has 0 saturated carbocycles. The van der Waals surface area contributed by atoms with E-state index in [2.05, 4.69) is 32.1 Å². The van der Waals surface area contributed by atoms with Crippen molar-refractivity contribution in [3.05, 3.63) is 48.2 Å². The van der Waals surface area contributed by atoms with Gasteiger partial charge in [0, 0.05) is 19.3 Å². The van der Waals surface area contributed by atoms with E-state index >= 15 is 0 Å². The van der Waals surface area contributed by atoms with Crippen LogP contribution in [0.25, 0.3) is 0 Å².